The molecule has 0 saturated heterocycles. The molecule has 0 unspecified atom stereocenters. The fourth-order valence-corrected chi connectivity index (χ4v) is 17.0. The van der Waals surface area contributed by atoms with Gasteiger partial charge in [-0.2, -0.15) is 5.26 Å². The maximum atomic E-state index is 10.3. The van der Waals surface area contributed by atoms with Crippen molar-refractivity contribution in [3.63, 3.8) is 0 Å². The highest BCUT2D eigenvalue weighted by atomic mass is 15.2. The molecule has 19 rings (SSSR count). The Morgan fingerprint density at radius 1 is 0.265 bits per heavy atom. The molecule has 17 aromatic carbocycles. The Labute approximate surface area is 662 Å². The molecule has 0 aliphatic carbocycles. The molecular weight excluding hydrogens is 1360 g/mol. The molecule has 5 heteroatoms. The standard InChI is InChI=1S/C108H75BN4/c1-108(2,3)93-69-103-105-104(70-93)113(107-97(89-45-25-41-83(61-89)75-31-15-7-16-32-75)65-92(80-51-55-94(111-4)56-52-80)66-98(107)90-46-26-42-84(62-90)76-33-17-8-18-34-76)102-58-54-86(78-37-21-10-22-38-78)68-100(102)109(105)99-67-85(77-35-19-9-20-36-77)53-57-101(99)112(103)106-95(87-43-23-39-81(59-87)73-27-11-5-12-28-73)63-91(79-49-47-72(71-110)48-50-79)64-96(106)88-44-24-40-82(60-88)74-29-13-6-14-30-74/h5-70H,1-3H3. The van der Waals surface area contributed by atoms with Crippen LogP contribution < -0.4 is 26.2 Å². The van der Waals surface area contributed by atoms with E-state index in [0.717, 1.165) is 168 Å². The van der Waals surface area contributed by atoms with Crippen molar-refractivity contribution < 1.29 is 0 Å². The van der Waals surface area contributed by atoms with Gasteiger partial charge in [-0.1, -0.05) is 336 Å². The summed E-state index contributed by atoms with van der Waals surface area (Å²) >= 11 is 0. The second-order valence-corrected chi connectivity index (χ2v) is 30.5. The van der Waals surface area contributed by atoms with Crippen molar-refractivity contribution >= 4 is 62.9 Å². The number of anilines is 6. The van der Waals surface area contributed by atoms with Crippen molar-refractivity contribution in [2.75, 3.05) is 9.80 Å². The maximum absolute atomic E-state index is 10.3. The van der Waals surface area contributed by atoms with E-state index in [1.165, 1.54) is 22.0 Å². The fraction of sp³-hybridized carbons (Fsp3) is 0.0370. The molecule has 0 bridgehead atoms. The maximum Gasteiger partial charge on any atom is 0.252 e. The van der Waals surface area contributed by atoms with Crippen LogP contribution in [0.1, 0.15) is 31.9 Å². The second-order valence-electron chi connectivity index (χ2n) is 30.5. The van der Waals surface area contributed by atoms with Crippen molar-refractivity contribution in [1.82, 2.24) is 0 Å². The van der Waals surface area contributed by atoms with Crippen molar-refractivity contribution in [3.05, 3.63) is 423 Å². The lowest BCUT2D eigenvalue weighted by Gasteiger charge is -2.46. The normalized spacial score (nSPS) is 12.0. The van der Waals surface area contributed by atoms with Crippen molar-refractivity contribution in [2.45, 2.75) is 26.2 Å². The van der Waals surface area contributed by atoms with Crippen molar-refractivity contribution in [2.24, 2.45) is 0 Å². The lowest BCUT2D eigenvalue weighted by atomic mass is 9.33. The van der Waals surface area contributed by atoms with E-state index >= 15 is 0 Å². The minimum absolute atomic E-state index is 0.332. The van der Waals surface area contributed by atoms with Gasteiger partial charge < -0.3 is 9.80 Å². The Morgan fingerprint density at radius 3 is 0.823 bits per heavy atom. The van der Waals surface area contributed by atoms with Gasteiger partial charge in [0.25, 0.3) is 6.71 Å². The Kier molecular flexibility index (Phi) is 17.7. The third-order valence-electron chi connectivity index (χ3n) is 22.6. The van der Waals surface area contributed by atoms with Gasteiger partial charge in [0.1, 0.15) is 0 Å². The number of hydrogen-bond donors (Lipinski definition) is 0. The summed E-state index contributed by atoms with van der Waals surface area (Å²) in [5.41, 5.74) is 37.6. The number of nitrogens with zero attached hydrogens (tertiary/aromatic N) is 4. The van der Waals surface area contributed by atoms with E-state index < -0.39 is 5.41 Å². The Balaban J connectivity index is 0.992. The topological polar surface area (TPSA) is 34.6 Å². The molecule has 2 aliphatic rings. The highest BCUT2D eigenvalue weighted by molar-refractivity contribution is 7.00. The molecule has 0 fully saturated rings. The molecule has 0 amide bonds. The molecule has 0 N–H and O–H groups in total. The number of hydrogen-bond acceptors (Lipinski definition) is 3. The summed E-state index contributed by atoms with van der Waals surface area (Å²) in [4.78, 5) is 9.22. The van der Waals surface area contributed by atoms with Crippen LogP contribution in [-0.2, 0) is 5.41 Å². The van der Waals surface area contributed by atoms with E-state index in [-0.39, 0.29) is 6.71 Å². The molecule has 2 aliphatic heterocycles. The SMILES string of the molecule is [C-]#[N+]c1ccc(-c2cc(-c3cccc(-c4ccccc4)c3)c(N3c4ccc(-c5ccccc5)cc4B4c5cc(-c6ccccc6)ccc5N(c5c(-c6cccc(-c7ccccc7)c6)cc(-c6ccc(C#N)cc6)cc5-c5cccc(-c6ccccc6)c5)c5cc(C(C)(C)C)cc3c54)c(-c3cccc(-c4ccccc4)c3)c2)cc1. The Morgan fingerprint density at radius 2 is 0.531 bits per heavy atom. The molecule has 17 aromatic rings. The van der Waals surface area contributed by atoms with Gasteiger partial charge in [0.2, 0.25) is 0 Å². The number of benzene rings is 17. The summed E-state index contributed by atoms with van der Waals surface area (Å²) in [5, 5.41) is 10.3. The van der Waals surface area contributed by atoms with Gasteiger partial charge in [0.15, 0.2) is 5.69 Å². The van der Waals surface area contributed by atoms with E-state index in [1.807, 2.05) is 24.3 Å². The lowest BCUT2D eigenvalue weighted by molar-refractivity contribution is 0.590. The molecule has 113 heavy (non-hydrogen) atoms. The summed E-state index contributed by atoms with van der Waals surface area (Å²) in [5.74, 6) is 0. The van der Waals surface area contributed by atoms with E-state index in [0.29, 0.717) is 11.3 Å². The molecule has 2 heterocycles. The highest BCUT2D eigenvalue weighted by Crippen LogP contribution is 2.56. The van der Waals surface area contributed by atoms with Crippen LogP contribution in [0.3, 0.4) is 0 Å². The van der Waals surface area contributed by atoms with Crippen LogP contribution in [0.15, 0.2) is 400 Å². The van der Waals surface area contributed by atoms with Crippen LogP contribution in [-0.4, -0.2) is 6.71 Å². The smallest absolute Gasteiger partial charge is 0.252 e. The number of nitriles is 1. The molecule has 530 valence electrons. The first-order valence-corrected chi connectivity index (χ1v) is 38.7. The summed E-state index contributed by atoms with van der Waals surface area (Å²) < 4.78 is 0. The highest BCUT2D eigenvalue weighted by Gasteiger charge is 2.46. The average molecular weight is 1440 g/mol. The number of fused-ring (bicyclic) bond motifs is 4. The molecular formula is C108H75BN4. The van der Waals surface area contributed by atoms with Crippen LogP contribution in [0.5, 0.6) is 0 Å². The first kappa shape index (κ1) is 68.9. The Hall–Kier alpha value is -14.6. The molecule has 0 aromatic heterocycles. The zero-order valence-electron chi connectivity index (χ0n) is 63.0. The summed E-state index contributed by atoms with van der Waals surface area (Å²) in [6.07, 6.45) is 0. The third-order valence-corrected chi connectivity index (χ3v) is 22.6. The fourth-order valence-electron chi connectivity index (χ4n) is 17.0. The second kappa shape index (κ2) is 29.1. The summed E-state index contributed by atoms with van der Waals surface area (Å²) in [7, 11) is 0. The Bertz CT molecular complexity index is 5980. The van der Waals surface area contributed by atoms with E-state index in [4.69, 9.17) is 6.57 Å². The predicted octanol–water partition coefficient (Wildman–Crippen LogP) is 27.5. The first-order chi connectivity index (χ1) is 55.5. The third kappa shape index (κ3) is 13.0. The minimum Gasteiger partial charge on any atom is -0.310 e. The molecule has 0 spiro atoms. The largest absolute Gasteiger partial charge is 0.310 e. The zero-order valence-corrected chi connectivity index (χ0v) is 63.0. The molecule has 0 radical (unpaired) electrons. The minimum atomic E-state index is -0.409. The predicted molar refractivity (Wildman–Crippen MR) is 475 cm³/mol. The molecule has 0 atom stereocenters. The van der Waals surface area contributed by atoms with E-state index in [1.54, 1.807) is 0 Å². The van der Waals surface area contributed by atoms with Gasteiger partial charge in [-0.05, 0) is 224 Å². The lowest BCUT2D eigenvalue weighted by Crippen LogP contribution is -2.61. The zero-order chi connectivity index (χ0) is 76.1. The van der Waals surface area contributed by atoms with Gasteiger partial charge in [0.05, 0.1) is 29.6 Å². The van der Waals surface area contributed by atoms with Crippen molar-refractivity contribution in [1.29, 1.82) is 5.26 Å². The first-order valence-electron chi connectivity index (χ1n) is 38.7. The van der Waals surface area contributed by atoms with Gasteiger partial charge in [-0.3, -0.25) is 0 Å². The van der Waals surface area contributed by atoms with Crippen LogP contribution in [0, 0.1) is 17.9 Å². The van der Waals surface area contributed by atoms with E-state index in [2.05, 4.69) is 418 Å². The van der Waals surface area contributed by atoms with E-state index in [9.17, 15) is 5.26 Å². The number of rotatable bonds is 14. The quantitative estimate of drug-likeness (QED) is 0.0804. The van der Waals surface area contributed by atoms with Crippen LogP contribution in [0.25, 0.3) is 138 Å². The average Bonchev–Trinajstić information content (AvgIpc) is 0.685. The van der Waals surface area contributed by atoms with Crippen LogP contribution in [0.4, 0.5) is 39.8 Å². The van der Waals surface area contributed by atoms with Crippen LogP contribution in [0.2, 0.25) is 0 Å². The van der Waals surface area contributed by atoms with Gasteiger partial charge >= 0.3 is 0 Å². The monoisotopic (exact) mass is 1440 g/mol. The van der Waals surface area contributed by atoms with Gasteiger partial charge in [-0.15, -0.1) is 0 Å². The van der Waals surface area contributed by atoms with Gasteiger partial charge in [-0.25, -0.2) is 4.85 Å². The molecule has 0 saturated carbocycles. The molecule has 4 nitrogen and oxygen atoms in total. The summed E-state index contributed by atoms with van der Waals surface area (Å²) in [6, 6.07) is 149. The van der Waals surface area contributed by atoms with Gasteiger partial charge in [0, 0.05) is 45.0 Å². The van der Waals surface area contributed by atoms with Crippen molar-refractivity contribution in [3.8, 4) is 140 Å². The summed E-state index contributed by atoms with van der Waals surface area (Å²) in [6.45, 7) is 14.9. The van der Waals surface area contributed by atoms with Crippen LogP contribution >= 0.6 is 0 Å².